The number of ether oxygens (including phenoxy) is 4. The summed E-state index contributed by atoms with van der Waals surface area (Å²) in [6, 6.07) is 9.39. The number of aliphatic hydroxyl groups is 1. The number of rotatable bonds is 12. The highest BCUT2D eigenvalue weighted by atomic mass is 16.6. The summed E-state index contributed by atoms with van der Waals surface area (Å²) in [5.74, 6) is -0.697. The van der Waals surface area contributed by atoms with Gasteiger partial charge in [-0.3, -0.25) is 0 Å². The quantitative estimate of drug-likeness (QED) is 0.461. The van der Waals surface area contributed by atoms with Crippen molar-refractivity contribution in [3.63, 3.8) is 0 Å². The van der Waals surface area contributed by atoms with Crippen LogP contribution in [-0.4, -0.2) is 63.9 Å². The smallest absolute Gasteiger partial charge is 0.339 e. The maximum atomic E-state index is 11.6. The van der Waals surface area contributed by atoms with Gasteiger partial charge in [0.25, 0.3) is 0 Å². The summed E-state index contributed by atoms with van der Waals surface area (Å²) in [5, 5.41) is 9.67. The Morgan fingerprint density at radius 3 is 2.30 bits per heavy atom. The zero-order valence-corrected chi connectivity index (χ0v) is 13.3. The molecule has 0 saturated carbocycles. The first-order valence-electron chi connectivity index (χ1n) is 7.46. The van der Waals surface area contributed by atoms with Gasteiger partial charge in [-0.2, -0.15) is 0 Å². The Bertz CT molecular complexity index is 446. The van der Waals surface area contributed by atoms with Crippen LogP contribution in [0.5, 0.6) is 0 Å². The van der Waals surface area contributed by atoms with Crippen molar-refractivity contribution >= 4 is 12.0 Å². The van der Waals surface area contributed by atoms with Crippen LogP contribution < -0.4 is 0 Å². The molecule has 0 fully saturated rings. The molecule has 23 heavy (non-hydrogen) atoms. The molecule has 1 N–H and O–H groups in total. The second kappa shape index (κ2) is 12.8. The van der Waals surface area contributed by atoms with E-state index in [0.29, 0.717) is 26.4 Å². The summed E-state index contributed by atoms with van der Waals surface area (Å²) in [4.78, 5) is 11.6. The molecule has 1 aromatic rings. The minimum atomic E-state index is -1.28. The lowest BCUT2D eigenvalue weighted by Gasteiger charge is -2.08. The Morgan fingerprint density at radius 2 is 1.65 bits per heavy atom. The molecule has 1 rings (SSSR count). The van der Waals surface area contributed by atoms with Crippen molar-refractivity contribution in [2.24, 2.45) is 0 Å². The summed E-state index contributed by atoms with van der Waals surface area (Å²) >= 11 is 0. The predicted octanol–water partition coefficient (Wildman–Crippen LogP) is 1.28. The van der Waals surface area contributed by atoms with Gasteiger partial charge in [0.05, 0.1) is 33.0 Å². The van der Waals surface area contributed by atoms with E-state index in [1.54, 1.807) is 13.2 Å². The van der Waals surface area contributed by atoms with E-state index in [1.165, 1.54) is 6.08 Å². The van der Waals surface area contributed by atoms with Crippen LogP contribution >= 0.6 is 0 Å². The molecule has 0 amide bonds. The standard InChI is InChI=1S/C17H24O6/c1-20-9-10-21-11-12-22-13-14-23-17(19)16(18)8-7-15-5-3-2-4-6-15/h2-8,16,18H,9-14H2,1H3/b8-7+. The van der Waals surface area contributed by atoms with Crippen LogP contribution in [0.4, 0.5) is 0 Å². The van der Waals surface area contributed by atoms with Gasteiger partial charge in [-0.1, -0.05) is 36.4 Å². The van der Waals surface area contributed by atoms with Gasteiger partial charge in [0.2, 0.25) is 0 Å². The lowest BCUT2D eigenvalue weighted by Crippen LogP contribution is -2.22. The molecule has 6 heteroatoms. The molecular weight excluding hydrogens is 300 g/mol. The largest absolute Gasteiger partial charge is 0.461 e. The summed E-state index contributed by atoms with van der Waals surface area (Å²) in [7, 11) is 1.61. The monoisotopic (exact) mass is 324 g/mol. The van der Waals surface area contributed by atoms with E-state index in [2.05, 4.69) is 0 Å². The van der Waals surface area contributed by atoms with Gasteiger partial charge in [-0.25, -0.2) is 4.79 Å². The van der Waals surface area contributed by atoms with E-state index in [4.69, 9.17) is 18.9 Å². The number of esters is 1. The van der Waals surface area contributed by atoms with Crippen molar-refractivity contribution in [3.05, 3.63) is 42.0 Å². The van der Waals surface area contributed by atoms with Gasteiger partial charge >= 0.3 is 5.97 Å². The zero-order chi connectivity index (χ0) is 16.8. The molecular formula is C17H24O6. The SMILES string of the molecule is COCCOCCOCCOC(=O)C(O)/C=C/c1ccccc1. The van der Waals surface area contributed by atoms with Gasteiger partial charge < -0.3 is 24.1 Å². The highest BCUT2D eigenvalue weighted by Crippen LogP contribution is 2.03. The normalized spacial score (nSPS) is 12.4. The molecule has 0 aromatic heterocycles. The van der Waals surface area contributed by atoms with Crippen molar-refractivity contribution in [1.29, 1.82) is 0 Å². The predicted molar refractivity (Wildman–Crippen MR) is 86.0 cm³/mol. The number of carbonyl (C=O) groups is 1. The van der Waals surface area contributed by atoms with Gasteiger partial charge in [0, 0.05) is 7.11 Å². The first-order chi connectivity index (χ1) is 11.2. The third-order valence-electron chi connectivity index (χ3n) is 2.79. The van der Waals surface area contributed by atoms with E-state index in [-0.39, 0.29) is 13.2 Å². The third-order valence-corrected chi connectivity index (χ3v) is 2.79. The molecule has 0 aliphatic heterocycles. The second-order valence-electron chi connectivity index (χ2n) is 4.60. The number of methoxy groups -OCH3 is 1. The highest BCUT2D eigenvalue weighted by Gasteiger charge is 2.12. The molecule has 1 atom stereocenters. The fraction of sp³-hybridized carbons (Fsp3) is 0.471. The lowest BCUT2D eigenvalue weighted by molar-refractivity contribution is -0.152. The molecule has 0 heterocycles. The third kappa shape index (κ3) is 9.80. The van der Waals surface area contributed by atoms with Crippen LogP contribution in [0.15, 0.2) is 36.4 Å². The molecule has 128 valence electrons. The van der Waals surface area contributed by atoms with E-state index in [9.17, 15) is 9.90 Å². The summed E-state index contributed by atoms with van der Waals surface area (Å²) in [6.45, 7) is 2.29. The van der Waals surface area contributed by atoms with Gasteiger partial charge in [0.15, 0.2) is 6.10 Å². The Hall–Kier alpha value is -1.73. The van der Waals surface area contributed by atoms with Crippen molar-refractivity contribution < 1.29 is 28.8 Å². The maximum Gasteiger partial charge on any atom is 0.339 e. The van der Waals surface area contributed by atoms with Crippen LogP contribution in [0.25, 0.3) is 6.08 Å². The van der Waals surface area contributed by atoms with Crippen LogP contribution in [0.1, 0.15) is 5.56 Å². The van der Waals surface area contributed by atoms with E-state index < -0.39 is 12.1 Å². The van der Waals surface area contributed by atoms with Crippen LogP contribution in [0.2, 0.25) is 0 Å². The average Bonchev–Trinajstić information content (AvgIpc) is 2.59. The molecule has 6 nitrogen and oxygen atoms in total. The van der Waals surface area contributed by atoms with Crippen molar-refractivity contribution in [2.45, 2.75) is 6.10 Å². The molecule has 0 bridgehead atoms. The van der Waals surface area contributed by atoms with E-state index in [0.717, 1.165) is 5.56 Å². The first-order valence-corrected chi connectivity index (χ1v) is 7.46. The fourth-order valence-electron chi connectivity index (χ4n) is 1.60. The molecule has 0 aliphatic rings. The van der Waals surface area contributed by atoms with E-state index in [1.807, 2.05) is 30.3 Å². The minimum absolute atomic E-state index is 0.0904. The van der Waals surface area contributed by atoms with Gasteiger partial charge in [0.1, 0.15) is 6.61 Å². The topological polar surface area (TPSA) is 74.2 Å². The maximum absolute atomic E-state index is 11.6. The summed E-state index contributed by atoms with van der Waals surface area (Å²) < 4.78 is 20.2. The fourth-order valence-corrected chi connectivity index (χ4v) is 1.60. The van der Waals surface area contributed by atoms with Crippen LogP contribution in [0, 0.1) is 0 Å². The molecule has 1 aromatic carbocycles. The molecule has 0 radical (unpaired) electrons. The lowest BCUT2D eigenvalue weighted by atomic mass is 10.2. The number of hydrogen-bond acceptors (Lipinski definition) is 6. The molecule has 0 aliphatic carbocycles. The van der Waals surface area contributed by atoms with Crippen molar-refractivity contribution in [3.8, 4) is 0 Å². The molecule has 0 saturated heterocycles. The zero-order valence-electron chi connectivity index (χ0n) is 13.3. The first kappa shape index (κ1) is 19.3. The minimum Gasteiger partial charge on any atom is -0.461 e. The summed E-state index contributed by atoms with van der Waals surface area (Å²) in [5.41, 5.74) is 0.899. The summed E-state index contributed by atoms with van der Waals surface area (Å²) in [6.07, 6.45) is 1.77. The Morgan fingerprint density at radius 1 is 1.04 bits per heavy atom. The van der Waals surface area contributed by atoms with Crippen LogP contribution in [0.3, 0.4) is 0 Å². The van der Waals surface area contributed by atoms with E-state index >= 15 is 0 Å². The number of hydrogen-bond donors (Lipinski definition) is 1. The number of carbonyl (C=O) groups excluding carboxylic acids is 1. The number of aliphatic hydroxyl groups excluding tert-OH is 1. The second-order valence-corrected chi connectivity index (χ2v) is 4.60. The average molecular weight is 324 g/mol. The Kier molecular flexibility index (Phi) is 10.7. The van der Waals surface area contributed by atoms with Crippen molar-refractivity contribution in [2.75, 3.05) is 46.8 Å². The van der Waals surface area contributed by atoms with Crippen LogP contribution in [-0.2, 0) is 23.7 Å². The van der Waals surface area contributed by atoms with Gasteiger partial charge in [-0.15, -0.1) is 0 Å². The Balaban J connectivity index is 2.06. The number of benzene rings is 1. The molecule has 1 unspecified atom stereocenters. The molecule has 0 spiro atoms. The highest BCUT2D eigenvalue weighted by molar-refractivity contribution is 5.78. The Labute approximate surface area is 136 Å². The van der Waals surface area contributed by atoms with Gasteiger partial charge in [-0.05, 0) is 11.6 Å². The van der Waals surface area contributed by atoms with Crippen molar-refractivity contribution in [1.82, 2.24) is 0 Å².